The number of carboxylic acids is 1. The monoisotopic (exact) mass is 466 g/mol. The van der Waals surface area contributed by atoms with Crippen LogP contribution in [0.15, 0.2) is 54.1 Å². The van der Waals surface area contributed by atoms with Crippen LogP contribution in [0.3, 0.4) is 0 Å². The van der Waals surface area contributed by atoms with Gasteiger partial charge in [0.1, 0.15) is 5.75 Å². The molecule has 3 heterocycles. The Kier molecular flexibility index (Phi) is 8.12. The third kappa shape index (κ3) is 6.21. The van der Waals surface area contributed by atoms with Crippen molar-refractivity contribution in [1.29, 1.82) is 0 Å². The lowest BCUT2D eigenvalue weighted by atomic mass is 9.81. The van der Waals surface area contributed by atoms with Crippen LogP contribution in [0, 0.1) is 11.8 Å². The Labute approximate surface area is 198 Å². The molecule has 0 saturated carbocycles. The molecule has 1 N–H and O–H groups in total. The first-order valence-electron chi connectivity index (χ1n) is 11.4. The summed E-state index contributed by atoms with van der Waals surface area (Å²) in [6, 6.07) is 9.81. The molecule has 33 heavy (non-hydrogen) atoms. The molecule has 2 atom stereocenters. The van der Waals surface area contributed by atoms with E-state index in [9.17, 15) is 9.90 Å². The van der Waals surface area contributed by atoms with Gasteiger partial charge in [0.15, 0.2) is 5.16 Å². The quantitative estimate of drug-likeness (QED) is 0.352. The van der Waals surface area contributed by atoms with Crippen LogP contribution < -0.4 is 4.74 Å². The molecule has 1 fully saturated rings. The smallest absolute Gasteiger partial charge is 0.308 e. The maximum absolute atomic E-state index is 12.0. The molecular weight excluding hydrogens is 436 g/mol. The Morgan fingerprint density at radius 3 is 2.85 bits per heavy atom. The van der Waals surface area contributed by atoms with Gasteiger partial charge in [-0.05, 0) is 74.0 Å². The van der Waals surface area contributed by atoms with Crippen molar-refractivity contribution in [3.8, 4) is 5.75 Å². The van der Waals surface area contributed by atoms with Crippen molar-refractivity contribution in [2.24, 2.45) is 11.8 Å². The number of carbonyl (C=O) groups is 1. The van der Waals surface area contributed by atoms with Gasteiger partial charge in [0.25, 0.3) is 0 Å². The number of pyridine rings is 1. The maximum Gasteiger partial charge on any atom is 0.308 e. The zero-order valence-corrected chi connectivity index (χ0v) is 19.7. The summed E-state index contributed by atoms with van der Waals surface area (Å²) in [5.74, 6) is 0.909. The van der Waals surface area contributed by atoms with Gasteiger partial charge in [-0.15, -0.1) is 0 Å². The molecule has 3 aromatic rings. The zero-order valence-electron chi connectivity index (χ0n) is 18.9. The summed E-state index contributed by atoms with van der Waals surface area (Å²) in [5, 5.41) is 11.8. The van der Waals surface area contributed by atoms with Crippen molar-refractivity contribution in [3.05, 3.63) is 54.5 Å². The normalized spacial score (nSPS) is 18.9. The Morgan fingerprint density at radius 1 is 1.21 bits per heavy atom. The Morgan fingerprint density at radius 2 is 2.06 bits per heavy atom. The fourth-order valence-electron chi connectivity index (χ4n) is 4.60. The van der Waals surface area contributed by atoms with Crippen LogP contribution in [0.4, 0.5) is 0 Å². The number of aliphatic carboxylic acids is 1. The minimum absolute atomic E-state index is 0.214. The summed E-state index contributed by atoms with van der Waals surface area (Å²) < 4.78 is 5.37. The molecule has 1 aliphatic rings. The molecule has 0 unspecified atom stereocenters. The molecule has 0 amide bonds. The van der Waals surface area contributed by atoms with Gasteiger partial charge in [-0.2, -0.15) is 0 Å². The number of piperidine rings is 1. The molecule has 4 rings (SSSR count). The molecule has 2 aromatic heterocycles. The lowest BCUT2D eigenvalue weighted by molar-refractivity contribution is -0.146. The second-order valence-corrected chi connectivity index (χ2v) is 9.48. The van der Waals surface area contributed by atoms with Gasteiger partial charge in [0.05, 0.1) is 18.5 Å². The highest BCUT2D eigenvalue weighted by atomic mass is 32.2. The highest BCUT2D eigenvalue weighted by molar-refractivity contribution is 7.99. The second-order valence-electron chi connectivity index (χ2n) is 8.42. The summed E-state index contributed by atoms with van der Waals surface area (Å²) in [7, 11) is 1.67. The predicted molar refractivity (Wildman–Crippen MR) is 130 cm³/mol. The largest absolute Gasteiger partial charge is 0.497 e. The molecule has 1 saturated heterocycles. The summed E-state index contributed by atoms with van der Waals surface area (Å²) in [4.78, 5) is 27.2. The first-order chi connectivity index (χ1) is 16.1. The number of aromatic nitrogens is 3. The van der Waals surface area contributed by atoms with Crippen LogP contribution in [0.2, 0.25) is 0 Å². The molecule has 0 aliphatic carbocycles. The van der Waals surface area contributed by atoms with E-state index < -0.39 is 5.97 Å². The zero-order chi connectivity index (χ0) is 23.0. The average Bonchev–Trinajstić information content (AvgIpc) is 2.85. The number of likely N-dealkylation sites (tertiary alicyclic amines) is 1. The fourth-order valence-corrected chi connectivity index (χ4v) is 5.41. The molecule has 0 radical (unpaired) electrons. The van der Waals surface area contributed by atoms with Crippen molar-refractivity contribution in [1.82, 2.24) is 19.9 Å². The molecular formula is C25H30N4O3S. The third-order valence-electron chi connectivity index (χ3n) is 6.40. The first kappa shape index (κ1) is 23.4. The molecule has 0 bridgehead atoms. The van der Waals surface area contributed by atoms with Gasteiger partial charge < -0.3 is 14.7 Å². The Hall–Kier alpha value is -2.71. The molecule has 0 spiro atoms. The standard InChI is InChI=1S/C25H30N4O3S/c1-32-20-6-7-23-21(16-20)18(8-12-26-23)4-2-5-19-9-13-29(17-22(19)24(30)31)14-15-33-25-27-10-3-11-28-25/h3,6-8,10-12,16,19,22H,2,4-5,9,13-15,17H2,1H3,(H,30,31)/t19-,22+/m1/s1. The number of aryl methyl sites for hydroxylation is 1. The summed E-state index contributed by atoms with van der Waals surface area (Å²) in [5.41, 5.74) is 2.20. The van der Waals surface area contributed by atoms with E-state index in [1.54, 1.807) is 37.3 Å². The number of methoxy groups -OCH3 is 1. The van der Waals surface area contributed by atoms with E-state index in [2.05, 4.69) is 25.9 Å². The summed E-state index contributed by atoms with van der Waals surface area (Å²) in [6.07, 6.45) is 9.05. The number of hydrogen-bond acceptors (Lipinski definition) is 7. The number of hydrogen-bond donors (Lipinski definition) is 1. The number of fused-ring (bicyclic) bond motifs is 1. The van der Waals surface area contributed by atoms with Crippen molar-refractivity contribution in [3.63, 3.8) is 0 Å². The van der Waals surface area contributed by atoms with E-state index >= 15 is 0 Å². The minimum atomic E-state index is -0.678. The molecule has 174 valence electrons. The first-order valence-corrected chi connectivity index (χ1v) is 12.4. The molecule has 1 aliphatic heterocycles. The van der Waals surface area contributed by atoms with Gasteiger partial charge in [0.2, 0.25) is 0 Å². The van der Waals surface area contributed by atoms with Crippen molar-refractivity contribution in [2.45, 2.75) is 30.8 Å². The lowest BCUT2D eigenvalue weighted by Gasteiger charge is -2.36. The Balaban J connectivity index is 1.29. The topological polar surface area (TPSA) is 88.4 Å². The SMILES string of the molecule is COc1ccc2nccc(CCC[C@@H]3CCN(CCSc4ncccn4)C[C@@H]3C(=O)O)c2c1. The van der Waals surface area contributed by atoms with Gasteiger partial charge in [-0.25, -0.2) is 9.97 Å². The van der Waals surface area contributed by atoms with Gasteiger partial charge in [-0.1, -0.05) is 11.8 Å². The highest BCUT2D eigenvalue weighted by Gasteiger charge is 2.33. The van der Waals surface area contributed by atoms with Crippen LogP contribution in [0.25, 0.3) is 10.9 Å². The van der Waals surface area contributed by atoms with Gasteiger partial charge >= 0.3 is 5.97 Å². The number of benzene rings is 1. The van der Waals surface area contributed by atoms with E-state index in [1.807, 2.05) is 24.4 Å². The van der Waals surface area contributed by atoms with Crippen LogP contribution in [0.1, 0.15) is 24.8 Å². The van der Waals surface area contributed by atoms with E-state index in [4.69, 9.17) is 4.74 Å². The van der Waals surface area contributed by atoms with Crippen molar-refractivity contribution >= 4 is 28.6 Å². The number of rotatable bonds is 10. The number of ether oxygens (including phenoxy) is 1. The Bertz CT molecular complexity index is 1070. The van der Waals surface area contributed by atoms with Crippen LogP contribution in [-0.4, -0.2) is 63.4 Å². The number of carboxylic acid groups (broad SMARTS) is 1. The number of nitrogens with zero attached hydrogens (tertiary/aromatic N) is 4. The third-order valence-corrected chi connectivity index (χ3v) is 7.25. The average molecular weight is 467 g/mol. The van der Waals surface area contributed by atoms with Gasteiger partial charge in [-0.3, -0.25) is 9.78 Å². The number of thioether (sulfide) groups is 1. The highest BCUT2D eigenvalue weighted by Crippen LogP contribution is 2.30. The predicted octanol–water partition coefficient (Wildman–Crippen LogP) is 4.17. The van der Waals surface area contributed by atoms with Gasteiger partial charge in [0, 0.05) is 42.8 Å². The second kappa shape index (κ2) is 11.4. The van der Waals surface area contributed by atoms with Crippen molar-refractivity contribution in [2.75, 3.05) is 32.5 Å². The van der Waals surface area contributed by atoms with Crippen LogP contribution in [-0.2, 0) is 11.2 Å². The van der Waals surface area contributed by atoms with E-state index in [0.29, 0.717) is 6.54 Å². The summed E-state index contributed by atoms with van der Waals surface area (Å²) >= 11 is 1.61. The lowest BCUT2D eigenvalue weighted by Crippen LogP contribution is -2.44. The molecule has 7 nitrogen and oxygen atoms in total. The summed E-state index contributed by atoms with van der Waals surface area (Å²) in [6.45, 7) is 2.41. The van der Waals surface area contributed by atoms with Crippen LogP contribution in [0.5, 0.6) is 5.75 Å². The maximum atomic E-state index is 12.0. The fraction of sp³-hybridized carbons (Fsp3) is 0.440. The van der Waals surface area contributed by atoms with E-state index in [0.717, 1.165) is 66.3 Å². The minimum Gasteiger partial charge on any atom is -0.497 e. The molecule has 8 heteroatoms. The van der Waals surface area contributed by atoms with Crippen LogP contribution >= 0.6 is 11.8 Å². The van der Waals surface area contributed by atoms with E-state index in [-0.39, 0.29) is 11.8 Å². The molecule has 1 aromatic carbocycles. The van der Waals surface area contributed by atoms with Crippen molar-refractivity contribution < 1.29 is 14.6 Å². The van der Waals surface area contributed by atoms with E-state index in [1.165, 1.54) is 5.56 Å².